The predicted molar refractivity (Wildman–Crippen MR) is 128 cm³/mol. The Balaban J connectivity index is 1.22. The number of rotatable bonds is 5. The van der Waals surface area contributed by atoms with Gasteiger partial charge in [0.05, 0.1) is 18.2 Å². The van der Waals surface area contributed by atoms with Crippen molar-refractivity contribution in [3.63, 3.8) is 0 Å². The molecular formula is C24H25N7O2S. The highest BCUT2D eigenvalue weighted by Crippen LogP contribution is 2.26. The number of nitrogens with one attached hydrogen (secondary N) is 1. The van der Waals surface area contributed by atoms with Crippen molar-refractivity contribution in [1.29, 1.82) is 0 Å². The second kappa shape index (κ2) is 9.30. The minimum Gasteiger partial charge on any atom is -0.349 e. The maximum absolute atomic E-state index is 13.2. The van der Waals surface area contributed by atoms with Crippen LogP contribution in [0.3, 0.4) is 0 Å². The van der Waals surface area contributed by atoms with E-state index in [-0.39, 0.29) is 23.8 Å². The van der Waals surface area contributed by atoms with Gasteiger partial charge < -0.3 is 10.2 Å². The predicted octanol–water partition coefficient (Wildman–Crippen LogP) is 3.11. The Morgan fingerprint density at radius 1 is 1.24 bits per heavy atom. The summed E-state index contributed by atoms with van der Waals surface area (Å²) in [4.78, 5) is 45.4. The van der Waals surface area contributed by atoms with Gasteiger partial charge in [0.25, 0.3) is 5.91 Å². The molecule has 0 aromatic carbocycles. The summed E-state index contributed by atoms with van der Waals surface area (Å²) in [6, 6.07) is 5.50. The lowest BCUT2D eigenvalue weighted by Gasteiger charge is -2.38. The maximum atomic E-state index is 13.2. The summed E-state index contributed by atoms with van der Waals surface area (Å²) in [5.74, 6) is -0.0372. The van der Waals surface area contributed by atoms with Gasteiger partial charge in [-0.1, -0.05) is 0 Å². The lowest BCUT2D eigenvalue weighted by molar-refractivity contribution is -0.128. The van der Waals surface area contributed by atoms with E-state index < -0.39 is 0 Å². The standard InChI is InChI=1S/C24H25N7O2S/c1-15-6-7-17(11-26-15)20-14-34-21(28-20)12-27-22(32)18-5-3-10-31(16(18)2)23(33)19-13-30-9-4-8-25-24(30)29-19/h4,6-9,11,13-14,16,18H,3,5,10,12H2,1-2H3,(H,27,32). The highest BCUT2D eigenvalue weighted by atomic mass is 32.1. The Morgan fingerprint density at radius 3 is 2.91 bits per heavy atom. The largest absolute Gasteiger partial charge is 0.349 e. The normalized spacial score (nSPS) is 18.2. The fourth-order valence-electron chi connectivity index (χ4n) is 4.30. The molecule has 0 saturated carbocycles. The fraction of sp³-hybridized carbons (Fsp3) is 0.333. The van der Waals surface area contributed by atoms with Crippen LogP contribution in [0.2, 0.25) is 0 Å². The van der Waals surface area contributed by atoms with Crippen molar-refractivity contribution < 1.29 is 9.59 Å². The van der Waals surface area contributed by atoms with Gasteiger partial charge in [0, 0.05) is 54.0 Å². The Kier molecular flexibility index (Phi) is 6.06. The van der Waals surface area contributed by atoms with E-state index in [1.807, 2.05) is 31.4 Å². The SMILES string of the molecule is Cc1ccc(-c2csc(CNC(=O)C3CCCN(C(=O)c4cn5cccnc5n4)C3C)n2)cn1. The van der Waals surface area contributed by atoms with Crippen molar-refractivity contribution in [2.75, 3.05) is 6.54 Å². The number of pyridine rings is 1. The van der Waals surface area contributed by atoms with Gasteiger partial charge in [0.15, 0.2) is 0 Å². The first-order valence-corrected chi connectivity index (χ1v) is 12.1. The monoisotopic (exact) mass is 475 g/mol. The van der Waals surface area contributed by atoms with Crippen LogP contribution in [-0.4, -0.2) is 53.6 Å². The van der Waals surface area contributed by atoms with E-state index >= 15 is 0 Å². The van der Waals surface area contributed by atoms with E-state index in [0.29, 0.717) is 24.6 Å². The molecule has 1 aliphatic rings. The number of thiazole rings is 1. The van der Waals surface area contributed by atoms with Crippen molar-refractivity contribution in [2.24, 2.45) is 5.92 Å². The van der Waals surface area contributed by atoms with Gasteiger partial charge in [0.1, 0.15) is 10.7 Å². The molecule has 4 aromatic heterocycles. The zero-order valence-electron chi connectivity index (χ0n) is 19.0. The highest BCUT2D eigenvalue weighted by Gasteiger charge is 2.36. The summed E-state index contributed by atoms with van der Waals surface area (Å²) < 4.78 is 1.72. The quantitative estimate of drug-likeness (QED) is 0.476. The molecular weight excluding hydrogens is 450 g/mol. The zero-order valence-corrected chi connectivity index (χ0v) is 19.8. The first-order valence-electron chi connectivity index (χ1n) is 11.3. The number of carbonyl (C=O) groups is 2. The van der Waals surface area contributed by atoms with Crippen molar-refractivity contribution in [1.82, 2.24) is 34.6 Å². The van der Waals surface area contributed by atoms with E-state index in [1.165, 1.54) is 11.3 Å². The van der Waals surface area contributed by atoms with Gasteiger partial charge in [-0.25, -0.2) is 15.0 Å². The number of hydrogen-bond acceptors (Lipinski definition) is 7. The Morgan fingerprint density at radius 2 is 2.12 bits per heavy atom. The number of nitrogens with zero attached hydrogens (tertiary/aromatic N) is 6. The molecule has 1 saturated heterocycles. The van der Waals surface area contributed by atoms with Gasteiger partial charge >= 0.3 is 0 Å². The van der Waals surface area contributed by atoms with Crippen LogP contribution >= 0.6 is 11.3 Å². The molecule has 10 heteroatoms. The number of aromatic nitrogens is 5. The molecule has 2 amide bonds. The second-order valence-corrected chi connectivity index (χ2v) is 9.42. The molecule has 4 aromatic rings. The van der Waals surface area contributed by atoms with Crippen LogP contribution in [0.5, 0.6) is 0 Å². The van der Waals surface area contributed by atoms with Crippen LogP contribution in [0.15, 0.2) is 48.4 Å². The minimum absolute atomic E-state index is 0.0598. The Bertz CT molecular complexity index is 1300. The average Bonchev–Trinajstić information content (AvgIpc) is 3.50. The number of aryl methyl sites for hydroxylation is 1. The molecule has 5 rings (SSSR count). The van der Waals surface area contributed by atoms with E-state index in [4.69, 9.17) is 0 Å². The summed E-state index contributed by atoms with van der Waals surface area (Å²) in [6.45, 7) is 4.84. The van der Waals surface area contributed by atoms with Gasteiger partial charge in [0.2, 0.25) is 11.7 Å². The smallest absolute Gasteiger partial charge is 0.274 e. The van der Waals surface area contributed by atoms with Crippen LogP contribution in [0, 0.1) is 12.8 Å². The average molecular weight is 476 g/mol. The Labute approximate surface area is 200 Å². The molecule has 0 aliphatic carbocycles. The van der Waals surface area contributed by atoms with Gasteiger partial charge in [-0.15, -0.1) is 11.3 Å². The summed E-state index contributed by atoms with van der Waals surface area (Å²) >= 11 is 1.51. The van der Waals surface area contributed by atoms with Crippen LogP contribution in [0.1, 0.15) is 41.0 Å². The van der Waals surface area contributed by atoms with Crippen molar-refractivity contribution in [2.45, 2.75) is 39.3 Å². The van der Waals surface area contributed by atoms with Crippen LogP contribution in [-0.2, 0) is 11.3 Å². The fourth-order valence-corrected chi connectivity index (χ4v) is 5.04. The molecule has 1 N–H and O–H groups in total. The van der Waals surface area contributed by atoms with Crippen LogP contribution in [0.4, 0.5) is 0 Å². The zero-order chi connectivity index (χ0) is 23.7. The van der Waals surface area contributed by atoms with Crippen LogP contribution in [0.25, 0.3) is 17.0 Å². The van der Waals surface area contributed by atoms with Gasteiger partial charge in [-0.3, -0.25) is 19.0 Å². The Hall–Kier alpha value is -3.66. The number of carbonyl (C=O) groups excluding carboxylic acids is 2. The van der Waals surface area contributed by atoms with E-state index in [0.717, 1.165) is 34.8 Å². The summed E-state index contributed by atoms with van der Waals surface area (Å²) in [5.41, 5.74) is 3.11. The third-order valence-corrected chi connectivity index (χ3v) is 7.06. The van der Waals surface area contributed by atoms with Crippen molar-refractivity contribution in [3.8, 4) is 11.3 Å². The van der Waals surface area contributed by atoms with Crippen molar-refractivity contribution >= 4 is 28.9 Å². The van der Waals surface area contributed by atoms with Crippen LogP contribution < -0.4 is 5.32 Å². The minimum atomic E-state index is -0.284. The number of fused-ring (bicyclic) bond motifs is 1. The van der Waals surface area contributed by atoms with Gasteiger partial charge in [-0.2, -0.15) is 0 Å². The molecule has 1 aliphatic heterocycles. The second-order valence-electron chi connectivity index (χ2n) is 8.47. The number of piperidine rings is 1. The van der Waals surface area contributed by atoms with E-state index in [2.05, 4.69) is 25.3 Å². The first-order chi connectivity index (χ1) is 16.5. The molecule has 0 spiro atoms. The molecule has 5 heterocycles. The summed E-state index contributed by atoms with van der Waals surface area (Å²) in [7, 11) is 0. The van der Waals surface area contributed by atoms with Gasteiger partial charge in [-0.05, 0) is 44.9 Å². The lowest BCUT2D eigenvalue weighted by atomic mass is 9.89. The molecule has 0 bridgehead atoms. The number of imidazole rings is 1. The van der Waals surface area contributed by atoms with E-state index in [9.17, 15) is 9.59 Å². The molecule has 2 unspecified atom stereocenters. The third-order valence-electron chi connectivity index (χ3n) is 6.21. The van der Waals surface area contributed by atoms with Crippen molar-refractivity contribution in [3.05, 3.63) is 64.8 Å². The van der Waals surface area contributed by atoms with E-state index in [1.54, 1.807) is 40.2 Å². The summed E-state index contributed by atoms with van der Waals surface area (Å²) in [6.07, 6.45) is 8.44. The molecule has 1 fully saturated rings. The molecule has 174 valence electrons. The summed E-state index contributed by atoms with van der Waals surface area (Å²) in [5, 5.41) is 5.82. The lowest BCUT2D eigenvalue weighted by Crippen LogP contribution is -2.51. The molecule has 34 heavy (non-hydrogen) atoms. The first kappa shape index (κ1) is 22.1. The highest BCUT2D eigenvalue weighted by molar-refractivity contribution is 7.09. The molecule has 2 atom stereocenters. The topological polar surface area (TPSA) is 105 Å². The number of hydrogen-bond donors (Lipinski definition) is 1. The number of amides is 2. The third kappa shape index (κ3) is 4.41. The molecule has 9 nitrogen and oxygen atoms in total. The number of likely N-dealkylation sites (tertiary alicyclic amines) is 1. The maximum Gasteiger partial charge on any atom is 0.274 e. The molecule has 0 radical (unpaired) electrons.